The van der Waals surface area contributed by atoms with Gasteiger partial charge in [0.1, 0.15) is 23.9 Å². The molecule has 3 N–H and O–H groups in total. The van der Waals surface area contributed by atoms with Crippen LogP contribution in [0.25, 0.3) is 0 Å². The molecule has 230 valence electrons. The van der Waals surface area contributed by atoms with Crippen LogP contribution in [0.15, 0.2) is 66.7 Å². The van der Waals surface area contributed by atoms with Crippen LogP contribution in [0, 0.1) is 17.5 Å². The molecule has 3 aromatic rings. The Bertz CT molecular complexity index is 1330. The van der Waals surface area contributed by atoms with E-state index in [1.54, 1.807) is 30.3 Å². The maximum absolute atomic E-state index is 14.9. The van der Waals surface area contributed by atoms with E-state index in [1.807, 2.05) is 0 Å². The summed E-state index contributed by atoms with van der Waals surface area (Å²) in [4.78, 5) is 24.6. The molecule has 1 saturated heterocycles. The smallest absolute Gasteiger partial charge is 0.375 e. The van der Waals surface area contributed by atoms with E-state index >= 15 is 0 Å². The van der Waals surface area contributed by atoms with Crippen LogP contribution >= 0.6 is 0 Å². The number of nitrogens with one attached hydrogen (secondary N) is 3. The Balaban J connectivity index is 1.34. The molecule has 2 unspecified atom stereocenters. The van der Waals surface area contributed by atoms with E-state index in [2.05, 4.69) is 16.0 Å². The fourth-order valence-electron chi connectivity index (χ4n) is 4.91. The van der Waals surface area contributed by atoms with Crippen LogP contribution in [-0.2, 0) is 20.7 Å². The minimum atomic E-state index is -4.58. The number of halogens is 6. The van der Waals surface area contributed by atoms with Crippen LogP contribution in [-0.4, -0.2) is 49.8 Å². The summed E-state index contributed by atoms with van der Waals surface area (Å²) in [6.07, 6.45) is -5.91. The minimum absolute atomic E-state index is 0.0258. The van der Waals surface area contributed by atoms with Gasteiger partial charge in [-0.05, 0) is 60.4 Å². The standard InChI is InChI=1S/C31H31F6N3O3/c32-21-8-4-19(5-9-21)26(20-6-10-22(33)11-7-20)14-29(41)40-28-3-1-2-27(34)25(28)13-12-24-17-38-23(18-43-24)16-39-30(42)15-31(35,36)37/h1-11,23-24,26,38H,12-18H2,(H,39,42)(H,40,41). The van der Waals surface area contributed by atoms with Crippen LogP contribution in [0.1, 0.15) is 41.9 Å². The first-order valence-electron chi connectivity index (χ1n) is 13.7. The summed E-state index contributed by atoms with van der Waals surface area (Å²) in [5.74, 6) is -3.43. The third-order valence-corrected chi connectivity index (χ3v) is 7.12. The Kier molecular flexibility index (Phi) is 10.8. The largest absolute Gasteiger partial charge is 0.397 e. The van der Waals surface area contributed by atoms with Gasteiger partial charge < -0.3 is 20.7 Å². The van der Waals surface area contributed by atoms with Crippen molar-refractivity contribution in [2.45, 2.75) is 49.9 Å². The molecule has 1 fully saturated rings. The lowest BCUT2D eigenvalue weighted by Crippen LogP contribution is -2.51. The third-order valence-electron chi connectivity index (χ3n) is 7.12. The van der Waals surface area contributed by atoms with E-state index in [1.165, 1.54) is 36.4 Å². The van der Waals surface area contributed by atoms with Gasteiger partial charge in [-0.25, -0.2) is 13.2 Å². The molecule has 3 aromatic carbocycles. The number of amides is 2. The topological polar surface area (TPSA) is 79.5 Å². The highest BCUT2D eigenvalue weighted by molar-refractivity contribution is 5.92. The lowest BCUT2D eigenvalue weighted by atomic mass is 9.88. The highest BCUT2D eigenvalue weighted by atomic mass is 19.4. The van der Waals surface area contributed by atoms with Gasteiger partial charge in [-0.3, -0.25) is 9.59 Å². The molecule has 0 radical (unpaired) electrons. The van der Waals surface area contributed by atoms with E-state index in [-0.39, 0.29) is 49.4 Å². The molecule has 1 aliphatic heterocycles. The van der Waals surface area contributed by atoms with Gasteiger partial charge in [0.15, 0.2) is 0 Å². The number of anilines is 1. The van der Waals surface area contributed by atoms with E-state index in [9.17, 15) is 35.9 Å². The molecule has 0 aliphatic carbocycles. The number of carbonyl (C=O) groups excluding carboxylic acids is 2. The molecular formula is C31H31F6N3O3. The highest BCUT2D eigenvalue weighted by Gasteiger charge is 2.31. The predicted molar refractivity (Wildman–Crippen MR) is 148 cm³/mol. The Morgan fingerprint density at radius 2 is 1.53 bits per heavy atom. The van der Waals surface area contributed by atoms with E-state index in [0.29, 0.717) is 24.1 Å². The molecule has 43 heavy (non-hydrogen) atoms. The first kappa shape index (κ1) is 32.0. The van der Waals surface area contributed by atoms with Gasteiger partial charge >= 0.3 is 6.18 Å². The number of carbonyl (C=O) groups is 2. The van der Waals surface area contributed by atoms with Crippen molar-refractivity contribution in [3.8, 4) is 0 Å². The zero-order valence-corrected chi connectivity index (χ0v) is 23.0. The van der Waals surface area contributed by atoms with Crippen LogP contribution < -0.4 is 16.0 Å². The first-order chi connectivity index (χ1) is 20.5. The Morgan fingerprint density at radius 1 is 0.907 bits per heavy atom. The van der Waals surface area contributed by atoms with Gasteiger partial charge in [0.2, 0.25) is 11.8 Å². The number of alkyl halides is 3. The molecule has 1 aliphatic rings. The molecular weight excluding hydrogens is 576 g/mol. The second-order valence-electron chi connectivity index (χ2n) is 10.4. The monoisotopic (exact) mass is 607 g/mol. The van der Waals surface area contributed by atoms with E-state index in [4.69, 9.17) is 4.74 Å². The average molecular weight is 608 g/mol. The molecule has 0 aromatic heterocycles. The predicted octanol–water partition coefficient (Wildman–Crippen LogP) is 5.62. The number of hydrogen-bond acceptors (Lipinski definition) is 4. The van der Waals surface area contributed by atoms with E-state index < -0.39 is 47.8 Å². The Morgan fingerprint density at radius 3 is 2.09 bits per heavy atom. The summed E-state index contributed by atoms with van der Waals surface area (Å²) >= 11 is 0. The van der Waals surface area contributed by atoms with Crippen molar-refractivity contribution in [2.24, 2.45) is 0 Å². The number of rotatable bonds is 11. The van der Waals surface area contributed by atoms with Crippen LogP contribution in [0.2, 0.25) is 0 Å². The quantitative estimate of drug-likeness (QED) is 0.247. The van der Waals surface area contributed by atoms with Gasteiger partial charge in [0.25, 0.3) is 0 Å². The lowest BCUT2D eigenvalue weighted by Gasteiger charge is -2.30. The van der Waals surface area contributed by atoms with Crippen molar-refractivity contribution in [1.29, 1.82) is 0 Å². The summed E-state index contributed by atoms with van der Waals surface area (Å²) in [5, 5.41) is 8.12. The van der Waals surface area contributed by atoms with Crippen molar-refractivity contribution in [1.82, 2.24) is 10.6 Å². The normalized spacial score (nSPS) is 17.1. The van der Waals surface area contributed by atoms with Gasteiger partial charge in [0.05, 0.1) is 12.7 Å². The number of benzene rings is 3. The fraction of sp³-hybridized carbons (Fsp3) is 0.355. The zero-order chi connectivity index (χ0) is 31.0. The summed E-state index contributed by atoms with van der Waals surface area (Å²) in [6.45, 7) is 0.459. The van der Waals surface area contributed by atoms with Gasteiger partial charge in [-0.15, -0.1) is 0 Å². The highest BCUT2D eigenvalue weighted by Crippen LogP contribution is 2.30. The van der Waals surface area contributed by atoms with Crippen LogP contribution in [0.3, 0.4) is 0 Å². The van der Waals surface area contributed by atoms with Crippen molar-refractivity contribution in [2.75, 3.05) is 25.0 Å². The van der Waals surface area contributed by atoms with E-state index in [0.717, 1.165) is 0 Å². The molecule has 12 heteroatoms. The Labute approximate surface area is 244 Å². The molecule has 2 atom stereocenters. The summed E-state index contributed by atoms with van der Waals surface area (Å²) in [5.41, 5.74) is 1.88. The van der Waals surface area contributed by atoms with Crippen molar-refractivity contribution < 1.29 is 40.7 Å². The van der Waals surface area contributed by atoms with Gasteiger partial charge in [-0.2, -0.15) is 13.2 Å². The maximum atomic E-state index is 14.9. The molecule has 2 amide bonds. The molecule has 0 bridgehead atoms. The summed E-state index contributed by atoms with van der Waals surface area (Å²) in [6, 6.07) is 15.3. The lowest BCUT2D eigenvalue weighted by molar-refractivity contribution is -0.153. The Hall–Kier alpha value is -3.90. The molecule has 6 nitrogen and oxygen atoms in total. The average Bonchev–Trinajstić information content (AvgIpc) is 2.95. The summed E-state index contributed by atoms with van der Waals surface area (Å²) in [7, 11) is 0. The van der Waals surface area contributed by atoms with Crippen molar-refractivity contribution in [3.05, 3.63) is 101 Å². The van der Waals surface area contributed by atoms with Gasteiger partial charge in [-0.1, -0.05) is 30.3 Å². The third kappa shape index (κ3) is 9.82. The maximum Gasteiger partial charge on any atom is 0.397 e. The molecule has 0 spiro atoms. The van der Waals surface area contributed by atoms with Crippen molar-refractivity contribution in [3.63, 3.8) is 0 Å². The second-order valence-corrected chi connectivity index (χ2v) is 10.4. The molecule has 1 heterocycles. The molecule has 0 saturated carbocycles. The second kappa shape index (κ2) is 14.5. The molecule has 4 rings (SSSR count). The SMILES string of the molecule is O=C(CC(F)(F)F)NCC1COC(CCc2c(F)cccc2NC(=O)CC(c2ccc(F)cc2)c2ccc(F)cc2)CN1. The number of hydrogen-bond donors (Lipinski definition) is 3. The zero-order valence-electron chi connectivity index (χ0n) is 23.0. The fourth-order valence-corrected chi connectivity index (χ4v) is 4.91. The minimum Gasteiger partial charge on any atom is -0.375 e. The van der Waals surface area contributed by atoms with Crippen LogP contribution in [0.4, 0.5) is 32.0 Å². The number of morpholine rings is 1. The van der Waals surface area contributed by atoms with Crippen LogP contribution in [0.5, 0.6) is 0 Å². The summed E-state index contributed by atoms with van der Waals surface area (Å²) < 4.78 is 84.7. The first-order valence-corrected chi connectivity index (χ1v) is 13.7. The van der Waals surface area contributed by atoms with Crippen molar-refractivity contribution >= 4 is 17.5 Å². The van der Waals surface area contributed by atoms with Gasteiger partial charge in [0, 0.05) is 42.7 Å². The number of ether oxygens (including phenoxy) is 1.